The molecule has 1 amide bonds. The minimum Gasteiger partial charge on any atom is -0.376 e. The fourth-order valence-corrected chi connectivity index (χ4v) is 2.69. The predicted octanol–water partition coefficient (Wildman–Crippen LogP) is 1.10. The van der Waals surface area contributed by atoms with Crippen LogP contribution in [0, 0.1) is 0 Å². The van der Waals surface area contributed by atoms with E-state index >= 15 is 0 Å². The van der Waals surface area contributed by atoms with E-state index in [-0.39, 0.29) is 30.1 Å². The largest absolute Gasteiger partial charge is 0.376 e. The lowest BCUT2D eigenvalue weighted by Gasteiger charge is -2.40. The topological polar surface area (TPSA) is 73.8 Å². The van der Waals surface area contributed by atoms with Gasteiger partial charge in [0.2, 0.25) is 0 Å². The van der Waals surface area contributed by atoms with E-state index in [0.29, 0.717) is 18.8 Å². The molecule has 0 saturated carbocycles. The van der Waals surface area contributed by atoms with Crippen molar-refractivity contribution in [2.24, 2.45) is 0 Å². The van der Waals surface area contributed by atoms with Gasteiger partial charge in [0.1, 0.15) is 18.0 Å². The Morgan fingerprint density at radius 3 is 2.43 bits per heavy atom. The Balaban J connectivity index is 2.14. The summed E-state index contributed by atoms with van der Waals surface area (Å²) < 4.78 is 16.5. The van der Waals surface area contributed by atoms with Crippen LogP contribution in [0.1, 0.15) is 35.9 Å². The molecular formula is C16H25N3O4. The van der Waals surface area contributed by atoms with Crippen molar-refractivity contribution in [3.8, 4) is 0 Å². The molecule has 0 aliphatic carbocycles. The molecule has 1 fully saturated rings. The van der Waals surface area contributed by atoms with E-state index in [4.69, 9.17) is 14.2 Å². The van der Waals surface area contributed by atoms with Gasteiger partial charge in [-0.15, -0.1) is 0 Å². The number of ether oxygens (including phenoxy) is 3. The van der Waals surface area contributed by atoms with Crippen LogP contribution in [0.4, 0.5) is 0 Å². The second-order valence-corrected chi connectivity index (χ2v) is 5.98. The Hall–Kier alpha value is -1.57. The molecule has 0 spiro atoms. The average Bonchev–Trinajstić information content (AvgIpc) is 2.59. The number of carbonyl (C=O) groups excluding carboxylic acids is 1. The third-order valence-corrected chi connectivity index (χ3v) is 4.14. The summed E-state index contributed by atoms with van der Waals surface area (Å²) in [6, 6.07) is -0.226. The van der Waals surface area contributed by atoms with Crippen LogP contribution in [0.3, 0.4) is 0 Å². The van der Waals surface area contributed by atoms with Crippen LogP contribution >= 0.6 is 0 Å². The summed E-state index contributed by atoms with van der Waals surface area (Å²) in [5, 5.41) is 0. The fourth-order valence-electron chi connectivity index (χ4n) is 2.69. The van der Waals surface area contributed by atoms with Crippen molar-refractivity contribution < 1.29 is 19.0 Å². The van der Waals surface area contributed by atoms with Gasteiger partial charge in [-0.1, -0.05) is 13.8 Å². The molecule has 1 aliphatic heterocycles. The monoisotopic (exact) mass is 323 g/mol. The lowest BCUT2D eigenvalue weighted by Crippen LogP contribution is -2.57. The van der Waals surface area contributed by atoms with Crippen LogP contribution in [-0.2, 0) is 14.2 Å². The first-order chi connectivity index (χ1) is 11.0. The molecule has 1 aromatic heterocycles. The number of nitrogens with zero attached hydrogens (tertiary/aromatic N) is 3. The van der Waals surface area contributed by atoms with Crippen molar-refractivity contribution in [1.29, 1.82) is 0 Å². The molecule has 23 heavy (non-hydrogen) atoms. The zero-order chi connectivity index (χ0) is 17.0. The number of hydrogen-bond acceptors (Lipinski definition) is 6. The van der Waals surface area contributed by atoms with Crippen LogP contribution in [0.25, 0.3) is 0 Å². The van der Waals surface area contributed by atoms with Crippen molar-refractivity contribution in [2.75, 3.05) is 34.5 Å². The summed E-state index contributed by atoms with van der Waals surface area (Å²) in [6.07, 6.45) is 2.70. The number of carbonyl (C=O) groups is 1. The van der Waals surface area contributed by atoms with E-state index in [1.54, 1.807) is 38.6 Å². The number of rotatable bonds is 5. The molecule has 128 valence electrons. The van der Waals surface area contributed by atoms with E-state index < -0.39 is 0 Å². The van der Waals surface area contributed by atoms with Gasteiger partial charge < -0.3 is 19.1 Å². The zero-order valence-corrected chi connectivity index (χ0v) is 14.4. The van der Waals surface area contributed by atoms with Crippen LogP contribution in [-0.4, -0.2) is 73.5 Å². The maximum atomic E-state index is 12.7. The van der Waals surface area contributed by atoms with E-state index in [1.165, 1.54) is 0 Å². The summed E-state index contributed by atoms with van der Waals surface area (Å²) in [4.78, 5) is 22.8. The Kier molecular flexibility index (Phi) is 6.04. The number of methoxy groups -OCH3 is 2. The van der Waals surface area contributed by atoms with E-state index in [0.717, 1.165) is 5.82 Å². The molecule has 0 bridgehead atoms. The van der Waals surface area contributed by atoms with Gasteiger partial charge in [-0.2, -0.15) is 0 Å². The lowest BCUT2D eigenvalue weighted by atomic mass is 10.0. The first-order valence-electron chi connectivity index (χ1n) is 7.72. The van der Waals surface area contributed by atoms with Crippen molar-refractivity contribution in [3.05, 3.63) is 23.8 Å². The molecule has 2 rings (SSSR count). The molecular weight excluding hydrogens is 298 g/mol. The van der Waals surface area contributed by atoms with Crippen molar-refractivity contribution in [1.82, 2.24) is 14.9 Å². The molecule has 7 heteroatoms. The highest BCUT2D eigenvalue weighted by molar-refractivity contribution is 5.93. The third kappa shape index (κ3) is 3.85. The van der Waals surface area contributed by atoms with Crippen molar-refractivity contribution in [3.63, 3.8) is 0 Å². The Morgan fingerprint density at radius 1 is 1.26 bits per heavy atom. The van der Waals surface area contributed by atoms with Crippen LogP contribution < -0.4 is 0 Å². The summed E-state index contributed by atoms with van der Waals surface area (Å²) >= 11 is 0. The third-order valence-electron chi connectivity index (χ3n) is 4.14. The first kappa shape index (κ1) is 17.8. The normalized spacial score (nSPS) is 24.7. The van der Waals surface area contributed by atoms with Crippen LogP contribution in [0.2, 0.25) is 0 Å². The number of hydrogen-bond donors (Lipinski definition) is 0. The van der Waals surface area contributed by atoms with Crippen LogP contribution in [0.5, 0.6) is 0 Å². The fraction of sp³-hybridized carbons (Fsp3) is 0.688. The number of aromatic nitrogens is 2. The first-order valence-corrected chi connectivity index (χ1v) is 7.72. The molecule has 1 aromatic rings. The SMILES string of the molecule is CO[C@H]1[C@H](N(C)C(=O)c2cnc(C(C)C)nc2)COC[C@H]1OC. The van der Waals surface area contributed by atoms with Crippen LogP contribution in [0.15, 0.2) is 12.4 Å². The number of likely N-dealkylation sites (N-methyl/N-ethyl adjacent to an activating group) is 1. The van der Waals surface area contributed by atoms with Gasteiger partial charge in [0.25, 0.3) is 5.91 Å². The maximum Gasteiger partial charge on any atom is 0.257 e. The minimum absolute atomic E-state index is 0.160. The second kappa shape index (κ2) is 7.81. The second-order valence-electron chi connectivity index (χ2n) is 5.98. The highest BCUT2D eigenvalue weighted by Crippen LogP contribution is 2.20. The summed E-state index contributed by atoms with van der Waals surface area (Å²) in [7, 11) is 4.97. The average molecular weight is 323 g/mol. The molecule has 0 aromatic carbocycles. The Labute approximate surface area is 137 Å². The molecule has 1 saturated heterocycles. The van der Waals surface area contributed by atoms with Gasteiger partial charge in [0, 0.05) is 39.6 Å². The van der Waals surface area contributed by atoms with Gasteiger partial charge in [0.05, 0.1) is 24.8 Å². The highest BCUT2D eigenvalue weighted by atomic mass is 16.6. The summed E-state index contributed by atoms with van der Waals surface area (Å²) in [5.41, 5.74) is 0.450. The standard InChI is InChI=1S/C16H25N3O4/c1-10(2)15-17-6-11(7-18-15)16(20)19(3)12-8-23-9-13(21-4)14(12)22-5/h6-7,10,12-14H,8-9H2,1-5H3/t12-,13-,14+/m1/s1. The minimum atomic E-state index is -0.237. The molecule has 1 aliphatic rings. The smallest absolute Gasteiger partial charge is 0.257 e. The van der Waals surface area contributed by atoms with Gasteiger partial charge >= 0.3 is 0 Å². The molecule has 2 heterocycles. The summed E-state index contributed by atoms with van der Waals surface area (Å²) in [6.45, 7) is 4.89. The Bertz CT molecular complexity index is 521. The predicted molar refractivity (Wildman–Crippen MR) is 84.4 cm³/mol. The maximum absolute atomic E-state index is 12.7. The van der Waals surface area contributed by atoms with Gasteiger partial charge in [-0.25, -0.2) is 9.97 Å². The van der Waals surface area contributed by atoms with Crippen molar-refractivity contribution >= 4 is 5.91 Å². The molecule has 0 N–H and O–H groups in total. The highest BCUT2D eigenvalue weighted by Gasteiger charge is 2.38. The molecule has 3 atom stereocenters. The molecule has 0 unspecified atom stereocenters. The lowest BCUT2D eigenvalue weighted by molar-refractivity contribution is -0.147. The van der Waals surface area contributed by atoms with Gasteiger partial charge in [-0.3, -0.25) is 4.79 Å². The Morgan fingerprint density at radius 2 is 1.91 bits per heavy atom. The molecule has 7 nitrogen and oxygen atoms in total. The quantitative estimate of drug-likeness (QED) is 0.808. The number of amides is 1. The van der Waals surface area contributed by atoms with E-state index in [2.05, 4.69) is 9.97 Å². The van der Waals surface area contributed by atoms with E-state index in [1.807, 2.05) is 13.8 Å². The van der Waals surface area contributed by atoms with Gasteiger partial charge in [0.15, 0.2) is 0 Å². The summed E-state index contributed by atoms with van der Waals surface area (Å²) in [5.74, 6) is 0.788. The zero-order valence-electron chi connectivity index (χ0n) is 14.4. The van der Waals surface area contributed by atoms with Crippen molar-refractivity contribution in [2.45, 2.75) is 38.0 Å². The van der Waals surface area contributed by atoms with E-state index in [9.17, 15) is 4.79 Å². The van der Waals surface area contributed by atoms with Gasteiger partial charge in [-0.05, 0) is 0 Å². The molecule has 0 radical (unpaired) electrons.